The van der Waals surface area contributed by atoms with Gasteiger partial charge in [-0.25, -0.2) is 4.98 Å². The lowest BCUT2D eigenvalue weighted by Gasteiger charge is -2.13. The molecule has 4 rings (SSSR count). The van der Waals surface area contributed by atoms with Crippen LogP contribution in [0.4, 0.5) is 0 Å². The number of rotatable bonds is 2. The predicted octanol–water partition coefficient (Wildman–Crippen LogP) is 3.49. The van der Waals surface area contributed by atoms with Crippen molar-refractivity contribution in [3.8, 4) is 16.8 Å². The van der Waals surface area contributed by atoms with Gasteiger partial charge in [-0.1, -0.05) is 60.1 Å². The summed E-state index contributed by atoms with van der Waals surface area (Å²) in [4.78, 5) is 4.45. The fourth-order valence-corrected chi connectivity index (χ4v) is 2.78. The molecule has 0 amide bonds. The molecule has 3 heteroatoms. The maximum absolute atomic E-state index is 6.45. The van der Waals surface area contributed by atoms with E-state index in [1.807, 2.05) is 65.5 Å². The molecule has 0 bridgehead atoms. The highest BCUT2D eigenvalue weighted by Gasteiger charge is 2.09. The van der Waals surface area contributed by atoms with Gasteiger partial charge >= 0.3 is 0 Å². The number of imidazole rings is 1. The van der Waals surface area contributed by atoms with E-state index in [1.54, 1.807) is 0 Å². The molecule has 0 saturated heterocycles. The Kier molecular flexibility index (Phi) is 3.04. The first-order valence-electron chi connectivity index (χ1n) is 7.21. The van der Waals surface area contributed by atoms with Crippen LogP contribution < -0.4 is 5.46 Å². The van der Waals surface area contributed by atoms with E-state index < -0.39 is 0 Å². The van der Waals surface area contributed by atoms with E-state index in [0.29, 0.717) is 0 Å². The van der Waals surface area contributed by atoms with Crippen molar-refractivity contribution in [2.45, 2.75) is 0 Å². The van der Waals surface area contributed by atoms with Crippen LogP contribution in [0.3, 0.4) is 0 Å². The molecule has 102 valence electrons. The summed E-state index contributed by atoms with van der Waals surface area (Å²) in [6.45, 7) is 0. The largest absolute Gasteiger partial charge is 0.299 e. The Morgan fingerprint density at radius 3 is 2.41 bits per heavy atom. The predicted molar refractivity (Wildman–Crippen MR) is 91.9 cm³/mol. The van der Waals surface area contributed by atoms with E-state index in [2.05, 4.69) is 23.2 Å². The van der Waals surface area contributed by atoms with E-state index in [9.17, 15) is 0 Å². The van der Waals surface area contributed by atoms with Crippen molar-refractivity contribution in [2.24, 2.45) is 0 Å². The third-order valence-electron chi connectivity index (χ3n) is 3.88. The van der Waals surface area contributed by atoms with Crippen LogP contribution in [-0.4, -0.2) is 17.4 Å². The fraction of sp³-hybridized carbons (Fsp3) is 0. The second-order valence-corrected chi connectivity index (χ2v) is 5.21. The molecule has 1 heterocycles. The lowest BCUT2D eigenvalue weighted by Crippen LogP contribution is -2.15. The number of nitrogens with zero attached hydrogens (tertiary/aromatic N) is 2. The maximum atomic E-state index is 6.45. The third kappa shape index (κ3) is 2.02. The summed E-state index contributed by atoms with van der Waals surface area (Å²) in [6.07, 6.45) is 1.82. The molecule has 3 aromatic carbocycles. The van der Waals surface area contributed by atoms with Gasteiger partial charge in [0.1, 0.15) is 14.2 Å². The summed E-state index contributed by atoms with van der Waals surface area (Å²) < 4.78 is 2.04. The number of hydrogen-bond donors (Lipinski definition) is 0. The zero-order valence-electron chi connectivity index (χ0n) is 12.0. The molecule has 0 N–H and O–H groups in total. The summed E-state index contributed by atoms with van der Waals surface area (Å²) in [5.74, 6) is 0. The Labute approximate surface area is 130 Å². The van der Waals surface area contributed by atoms with E-state index in [4.69, 9.17) is 7.85 Å². The van der Waals surface area contributed by atoms with Crippen LogP contribution in [0.2, 0.25) is 0 Å². The Balaban J connectivity index is 1.94. The molecule has 0 aliphatic rings. The molecule has 4 aromatic rings. The lowest BCUT2D eigenvalue weighted by atomic mass is 9.85. The number of hydrogen-bond acceptors (Lipinski definition) is 1. The first kappa shape index (κ1) is 12.9. The molecule has 0 aliphatic heterocycles. The standard InChI is InChI=1S/C19H13BN2/c20-19-15(14-7-2-1-3-8-14)9-6-12-18(19)22-13-21-16-10-4-5-11-17(16)22/h1-13H. The first-order valence-corrected chi connectivity index (χ1v) is 7.21. The van der Waals surface area contributed by atoms with Gasteiger partial charge in [-0.2, -0.15) is 0 Å². The SMILES string of the molecule is [B]c1c(-c2ccccc2)cccc1-n1cnc2ccccc21. The van der Waals surface area contributed by atoms with Crippen LogP contribution in [0.15, 0.2) is 79.1 Å². The molecular formula is C19H13BN2. The zero-order valence-corrected chi connectivity index (χ0v) is 12.0. The molecule has 0 unspecified atom stereocenters. The molecule has 0 atom stereocenters. The average Bonchev–Trinajstić information content (AvgIpc) is 3.00. The minimum absolute atomic E-state index is 0.761. The van der Waals surface area contributed by atoms with Gasteiger partial charge in [0.2, 0.25) is 0 Å². The lowest BCUT2D eigenvalue weighted by molar-refractivity contribution is 1.10. The highest BCUT2D eigenvalue weighted by Crippen LogP contribution is 2.21. The van der Waals surface area contributed by atoms with Crippen molar-refractivity contribution in [2.75, 3.05) is 0 Å². The topological polar surface area (TPSA) is 17.8 Å². The molecule has 0 aliphatic carbocycles. The maximum Gasteiger partial charge on any atom is 0.117 e. The van der Waals surface area contributed by atoms with Gasteiger partial charge in [-0.3, -0.25) is 4.57 Å². The van der Waals surface area contributed by atoms with Crippen LogP contribution in [0.25, 0.3) is 27.8 Å². The summed E-state index contributed by atoms with van der Waals surface area (Å²) in [6, 6.07) is 24.4. The van der Waals surface area contributed by atoms with Gasteiger partial charge in [0, 0.05) is 5.69 Å². The normalized spacial score (nSPS) is 10.9. The van der Waals surface area contributed by atoms with Crippen LogP contribution in [0, 0.1) is 0 Å². The highest BCUT2D eigenvalue weighted by atomic mass is 15.0. The quantitative estimate of drug-likeness (QED) is 0.514. The van der Waals surface area contributed by atoms with Crippen molar-refractivity contribution in [1.29, 1.82) is 0 Å². The van der Waals surface area contributed by atoms with Crippen LogP contribution >= 0.6 is 0 Å². The summed E-state index contributed by atoms with van der Waals surface area (Å²) >= 11 is 0. The van der Waals surface area contributed by atoms with E-state index in [0.717, 1.165) is 33.3 Å². The molecule has 0 spiro atoms. The number of benzene rings is 3. The van der Waals surface area contributed by atoms with Crippen LogP contribution in [0.1, 0.15) is 0 Å². The molecule has 0 saturated carbocycles. The van der Waals surface area contributed by atoms with E-state index in [-0.39, 0.29) is 0 Å². The van der Waals surface area contributed by atoms with E-state index in [1.165, 1.54) is 0 Å². The second-order valence-electron chi connectivity index (χ2n) is 5.21. The van der Waals surface area contributed by atoms with Gasteiger partial charge in [-0.15, -0.1) is 0 Å². The third-order valence-corrected chi connectivity index (χ3v) is 3.88. The zero-order chi connectivity index (χ0) is 14.9. The van der Waals surface area contributed by atoms with Crippen LogP contribution in [0.5, 0.6) is 0 Å². The van der Waals surface area contributed by atoms with Gasteiger partial charge < -0.3 is 0 Å². The summed E-state index contributed by atoms with van der Waals surface area (Å²) in [7, 11) is 6.45. The van der Waals surface area contributed by atoms with Gasteiger partial charge in [0.25, 0.3) is 0 Å². The Morgan fingerprint density at radius 1 is 0.773 bits per heavy atom. The van der Waals surface area contributed by atoms with Crippen LogP contribution in [-0.2, 0) is 0 Å². The molecule has 1 aromatic heterocycles. The molecule has 2 nitrogen and oxygen atoms in total. The van der Waals surface area contributed by atoms with Crippen molar-refractivity contribution in [1.82, 2.24) is 9.55 Å². The number of para-hydroxylation sites is 2. The van der Waals surface area contributed by atoms with Crippen molar-refractivity contribution >= 4 is 24.3 Å². The van der Waals surface area contributed by atoms with Gasteiger partial charge in [0.15, 0.2) is 0 Å². The monoisotopic (exact) mass is 280 g/mol. The molecule has 2 radical (unpaired) electrons. The Hall–Kier alpha value is -2.81. The molecule has 22 heavy (non-hydrogen) atoms. The van der Waals surface area contributed by atoms with Gasteiger partial charge in [-0.05, 0) is 29.3 Å². The average molecular weight is 280 g/mol. The second kappa shape index (κ2) is 5.19. The minimum Gasteiger partial charge on any atom is -0.299 e. The Bertz CT molecular complexity index is 942. The summed E-state index contributed by atoms with van der Waals surface area (Å²) in [5, 5.41) is 0. The van der Waals surface area contributed by atoms with E-state index >= 15 is 0 Å². The first-order chi connectivity index (χ1) is 10.8. The molecule has 0 fully saturated rings. The number of aromatic nitrogens is 2. The highest BCUT2D eigenvalue weighted by molar-refractivity contribution is 6.38. The number of fused-ring (bicyclic) bond motifs is 1. The van der Waals surface area contributed by atoms with Gasteiger partial charge in [0.05, 0.1) is 11.0 Å². The van der Waals surface area contributed by atoms with Crippen molar-refractivity contribution < 1.29 is 0 Å². The van der Waals surface area contributed by atoms with Crippen molar-refractivity contribution in [3.63, 3.8) is 0 Å². The Morgan fingerprint density at radius 2 is 1.55 bits per heavy atom. The van der Waals surface area contributed by atoms with Crippen molar-refractivity contribution in [3.05, 3.63) is 79.1 Å². The molecular weight excluding hydrogens is 267 g/mol. The smallest absolute Gasteiger partial charge is 0.117 e. The minimum atomic E-state index is 0.761. The summed E-state index contributed by atoms with van der Waals surface area (Å²) in [5.41, 5.74) is 5.89. The fourth-order valence-electron chi connectivity index (χ4n) is 2.78.